The molecule has 0 saturated heterocycles. The summed E-state index contributed by atoms with van der Waals surface area (Å²) in [5.74, 6) is 0.0493. The third-order valence-corrected chi connectivity index (χ3v) is 6.20. The minimum Gasteiger partial charge on any atom is -0.326 e. The van der Waals surface area contributed by atoms with Crippen molar-refractivity contribution in [3.63, 3.8) is 0 Å². The molecule has 1 aromatic rings. The summed E-state index contributed by atoms with van der Waals surface area (Å²) in [4.78, 5) is 12.5. The molecule has 1 aliphatic carbocycles. The van der Waals surface area contributed by atoms with E-state index in [0.717, 1.165) is 36.8 Å². The van der Waals surface area contributed by atoms with Gasteiger partial charge in [0.1, 0.15) is 0 Å². The number of amides is 1. The molecule has 22 heavy (non-hydrogen) atoms. The van der Waals surface area contributed by atoms with Gasteiger partial charge >= 0.3 is 0 Å². The highest BCUT2D eigenvalue weighted by Crippen LogP contribution is 2.29. The number of nitrogens with one attached hydrogen (secondary N) is 1. The topological polar surface area (TPSA) is 66.5 Å². The fourth-order valence-corrected chi connectivity index (χ4v) is 3.75. The Labute approximate surface area is 132 Å². The van der Waals surface area contributed by atoms with E-state index in [2.05, 4.69) is 5.32 Å². The van der Waals surface area contributed by atoms with Crippen LogP contribution in [-0.4, -0.2) is 32.7 Å². The Morgan fingerprint density at radius 1 is 1.18 bits per heavy atom. The molecule has 1 saturated carbocycles. The third kappa shape index (κ3) is 3.33. The number of anilines is 1. The molecule has 1 fully saturated rings. The van der Waals surface area contributed by atoms with Gasteiger partial charge in [-0.2, -0.15) is 0 Å². The first-order chi connectivity index (χ1) is 10.2. The average Bonchev–Trinajstić information content (AvgIpc) is 2.97. The SMILES string of the molecule is Cc1cc(S(=O)(=O)N(C)C)cc(NC(=O)C2CCCC2)c1C. The molecule has 0 heterocycles. The minimum atomic E-state index is -3.51. The Kier molecular flexibility index (Phi) is 4.92. The Hall–Kier alpha value is -1.40. The molecular weight excluding hydrogens is 300 g/mol. The molecular formula is C16H24N2O3S. The lowest BCUT2D eigenvalue weighted by atomic mass is 10.1. The van der Waals surface area contributed by atoms with Gasteiger partial charge in [0.2, 0.25) is 15.9 Å². The number of hydrogen-bond donors (Lipinski definition) is 1. The van der Waals surface area contributed by atoms with Gasteiger partial charge in [0.05, 0.1) is 4.90 Å². The van der Waals surface area contributed by atoms with Crippen LogP contribution in [0.2, 0.25) is 0 Å². The molecule has 122 valence electrons. The molecule has 2 rings (SSSR count). The molecule has 0 bridgehead atoms. The van der Waals surface area contributed by atoms with E-state index in [1.807, 2.05) is 13.8 Å². The molecule has 0 atom stereocenters. The molecule has 0 aliphatic heterocycles. The summed E-state index contributed by atoms with van der Waals surface area (Å²) < 4.78 is 25.8. The zero-order valence-electron chi connectivity index (χ0n) is 13.6. The molecule has 6 heteroatoms. The lowest BCUT2D eigenvalue weighted by Gasteiger charge is -2.17. The van der Waals surface area contributed by atoms with Crippen molar-refractivity contribution in [2.24, 2.45) is 5.92 Å². The second-order valence-electron chi connectivity index (χ2n) is 6.17. The zero-order chi connectivity index (χ0) is 16.5. The summed E-state index contributed by atoms with van der Waals surface area (Å²) in [6.07, 6.45) is 4.01. The predicted octanol–water partition coefficient (Wildman–Crippen LogP) is 2.68. The lowest BCUT2D eigenvalue weighted by Crippen LogP contribution is -2.24. The summed E-state index contributed by atoms with van der Waals surface area (Å²) in [5.41, 5.74) is 2.35. The van der Waals surface area contributed by atoms with Crippen molar-refractivity contribution < 1.29 is 13.2 Å². The van der Waals surface area contributed by atoms with Gasteiger partial charge in [-0.05, 0) is 49.9 Å². The van der Waals surface area contributed by atoms with E-state index in [0.29, 0.717) is 5.69 Å². The quantitative estimate of drug-likeness (QED) is 0.926. The molecule has 1 amide bonds. The highest BCUT2D eigenvalue weighted by Gasteiger charge is 2.24. The van der Waals surface area contributed by atoms with Crippen LogP contribution in [0.15, 0.2) is 17.0 Å². The normalized spacial score (nSPS) is 16.2. The lowest BCUT2D eigenvalue weighted by molar-refractivity contribution is -0.119. The Bertz CT molecular complexity index is 675. The third-order valence-electron chi connectivity index (χ3n) is 4.40. The largest absolute Gasteiger partial charge is 0.326 e. The van der Waals surface area contributed by atoms with E-state index in [-0.39, 0.29) is 16.7 Å². The van der Waals surface area contributed by atoms with E-state index >= 15 is 0 Å². The summed E-state index contributed by atoms with van der Waals surface area (Å²) in [6.45, 7) is 3.75. The average molecular weight is 324 g/mol. The van der Waals surface area contributed by atoms with Gasteiger partial charge < -0.3 is 5.32 Å². The maximum absolute atomic E-state index is 12.3. The van der Waals surface area contributed by atoms with Crippen LogP contribution in [0.1, 0.15) is 36.8 Å². The number of hydrogen-bond acceptors (Lipinski definition) is 3. The molecule has 0 radical (unpaired) electrons. The number of sulfonamides is 1. The fourth-order valence-electron chi connectivity index (χ4n) is 2.74. The number of benzene rings is 1. The number of nitrogens with zero attached hydrogens (tertiary/aromatic N) is 1. The monoisotopic (exact) mass is 324 g/mol. The molecule has 1 N–H and O–H groups in total. The van der Waals surface area contributed by atoms with Crippen LogP contribution < -0.4 is 5.32 Å². The Morgan fingerprint density at radius 3 is 2.32 bits per heavy atom. The van der Waals surface area contributed by atoms with Gasteiger partial charge in [0.15, 0.2) is 0 Å². The predicted molar refractivity (Wildman–Crippen MR) is 87.4 cm³/mol. The summed E-state index contributed by atoms with van der Waals surface area (Å²) in [7, 11) is -0.509. The second kappa shape index (κ2) is 6.38. The van der Waals surface area contributed by atoms with Crippen molar-refractivity contribution in [3.05, 3.63) is 23.3 Å². The van der Waals surface area contributed by atoms with E-state index in [4.69, 9.17) is 0 Å². The number of carbonyl (C=O) groups excluding carboxylic acids is 1. The van der Waals surface area contributed by atoms with Gasteiger partial charge in [-0.15, -0.1) is 0 Å². The van der Waals surface area contributed by atoms with Crippen LogP contribution in [0.3, 0.4) is 0 Å². The van der Waals surface area contributed by atoms with E-state index in [1.165, 1.54) is 18.4 Å². The first kappa shape index (κ1) is 17.0. The molecule has 0 aromatic heterocycles. The van der Waals surface area contributed by atoms with Gasteiger partial charge in [0.25, 0.3) is 0 Å². The molecule has 0 unspecified atom stereocenters. The van der Waals surface area contributed by atoms with Crippen molar-refractivity contribution in [1.82, 2.24) is 4.31 Å². The van der Waals surface area contributed by atoms with Gasteiger partial charge in [0, 0.05) is 25.7 Å². The van der Waals surface area contributed by atoms with Crippen molar-refractivity contribution in [3.8, 4) is 0 Å². The number of rotatable bonds is 4. The van der Waals surface area contributed by atoms with Gasteiger partial charge in [-0.25, -0.2) is 12.7 Å². The van der Waals surface area contributed by atoms with Crippen molar-refractivity contribution in [1.29, 1.82) is 0 Å². The highest BCUT2D eigenvalue weighted by molar-refractivity contribution is 7.89. The summed E-state index contributed by atoms with van der Waals surface area (Å²) in [5, 5.41) is 2.92. The number of carbonyl (C=O) groups is 1. The maximum Gasteiger partial charge on any atom is 0.242 e. The fraction of sp³-hybridized carbons (Fsp3) is 0.562. The molecule has 0 spiro atoms. The van der Waals surface area contributed by atoms with E-state index in [1.54, 1.807) is 12.1 Å². The van der Waals surface area contributed by atoms with Crippen LogP contribution in [-0.2, 0) is 14.8 Å². The summed E-state index contributed by atoms with van der Waals surface area (Å²) >= 11 is 0. The van der Waals surface area contributed by atoms with Crippen molar-refractivity contribution >= 4 is 21.6 Å². The molecule has 1 aliphatic rings. The first-order valence-electron chi connectivity index (χ1n) is 7.58. The highest BCUT2D eigenvalue weighted by atomic mass is 32.2. The summed E-state index contributed by atoms with van der Waals surface area (Å²) in [6, 6.07) is 3.21. The minimum absolute atomic E-state index is 0.000555. The van der Waals surface area contributed by atoms with Crippen LogP contribution in [0.25, 0.3) is 0 Å². The van der Waals surface area contributed by atoms with Crippen molar-refractivity contribution in [2.45, 2.75) is 44.4 Å². The molecule has 1 aromatic carbocycles. The number of aryl methyl sites for hydroxylation is 1. The molecule has 5 nitrogen and oxygen atoms in total. The second-order valence-corrected chi connectivity index (χ2v) is 8.32. The first-order valence-corrected chi connectivity index (χ1v) is 9.02. The van der Waals surface area contributed by atoms with Gasteiger partial charge in [-0.1, -0.05) is 12.8 Å². The standard InChI is InChI=1S/C16H24N2O3S/c1-11-9-14(22(20,21)18(3)4)10-15(12(11)2)17-16(19)13-7-5-6-8-13/h9-10,13H,5-8H2,1-4H3,(H,17,19). The Balaban J connectivity index is 2.35. The van der Waals surface area contributed by atoms with Crippen LogP contribution >= 0.6 is 0 Å². The van der Waals surface area contributed by atoms with E-state index in [9.17, 15) is 13.2 Å². The zero-order valence-corrected chi connectivity index (χ0v) is 14.5. The Morgan fingerprint density at radius 2 is 1.77 bits per heavy atom. The maximum atomic E-state index is 12.3. The van der Waals surface area contributed by atoms with Crippen LogP contribution in [0, 0.1) is 19.8 Å². The van der Waals surface area contributed by atoms with E-state index < -0.39 is 10.0 Å². The van der Waals surface area contributed by atoms with Gasteiger partial charge in [-0.3, -0.25) is 4.79 Å². The smallest absolute Gasteiger partial charge is 0.242 e. The van der Waals surface area contributed by atoms with Crippen molar-refractivity contribution in [2.75, 3.05) is 19.4 Å². The van der Waals surface area contributed by atoms with Crippen LogP contribution in [0.5, 0.6) is 0 Å². The van der Waals surface area contributed by atoms with Crippen LogP contribution in [0.4, 0.5) is 5.69 Å².